The van der Waals surface area contributed by atoms with Gasteiger partial charge in [0.05, 0.1) is 13.2 Å². The van der Waals surface area contributed by atoms with E-state index in [1.165, 1.54) is 11.0 Å². The molecule has 1 aromatic carbocycles. The molecule has 0 radical (unpaired) electrons. The van der Waals surface area contributed by atoms with Crippen LogP contribution < -0.4 is 5.73 Å². The number of aliphatic hydroxyl groups excluding tert-OH is 1. The molecule has 4 N–H and O–H groups in total. The summed E-state index contributed by atoms with van der Waals surface area (Å²) in [6, 6.07) is 4.69. The molecule has 1 aromatic rings. The third-order valence-electron chi connectivity index (χ3n) is 2.66. The van der Waals surface area contributed by atoms with Crippen molar-refractivity contribution in [1.82, 2.24) is 4.90 Å². The first-order valence-corrected chi connectivity index (χ1v) is 6.23. The molecule has 0 aliphatic carbocycles. The SMILES string of the molecule is N/C(=N/O)c1ccc(CN(CCO)CC(F)F)c(Cl)c1. The van der Waals surface area contributed by atoms with Crippen LogP contribution in [0.25, 0.3) is 0 Å². The Labute approximate surface area is 120 Å². The fourth-order valence-electron chi connectivity index (χ4n) is 1.71. The van der Waals surface area contributed by atoms with Crippen molar-refractivity contribution in [1.29, 1.82) is 0 Å². The molecule has 0 bridgehead atoms. The Hall–Kier alpha value is -1.44. The largest absolute Gasteiger partial charge is 0.409 e. The van der Waals surface area contributed by atoms with E-state index in [4.69, 9.17) is 27.6 Å². The van der Waals surface area contributed by atoms with E-state index in [2.05, 4.69) is 5.16 Å². The second-order valence-corrected chi connectivity index (χ2v) is 4.55. The first-order chi connectivity index (χ1) is 9.47. The number of aliphatic hydroxyl groups is 1. The van der Waals surface area contributed by atoms with Gasteiger partial charge in [-0.05, 0) is 11.6 Å². The summed E-state index contributed by atoms with van der Waals surface area (Å²) in [5, 5.41) is 20.6. The minimum atomic E-state index is -2.49. The quantitative estimate of drug-likeness (QED) is 0.308. The highest BCUT2D eigenvalue weighted by Gasteiger charge is 2.14. The van der Waals surface area contributed by atoms with E-state index >= 15 is 0 Å². The predicted octanol–water partition coefficient (Wildman–Crippen LogP) is 1.49. The molecule has 0 spiro atoms. The lowest BCUT2D eigenvalue weighted by atomic mass is 10.1. The van der Waals surface area contributed by atoms with Gasteiger partial charge in [-0.3, -0.25) is 4.90 Å². The maximum Gasteiger partial charge on any atom is 0.251 e. The Morgan fingerprint density at radius 3 is 2.65 bits per heavy atom. The van der Waals surface area contributed by atoms with Crippen LogP contribution in [-0.2, 0) is 6.54 Å². The van der Waals surface area contributed by atoms with Crippen molar-refractivity contribution in [2.24, 2.45) is 10.9 Å². The molecule has 0 aromatic heterocycles. The maximum atomic E-state index is 12.4. The topological polar surface area (TPSA) is 82.1 Å². The summed E-state index contributed by atoms with van der Waals surface area (Å²) < 4.78 is 24.8. The summed E-state index contributed by atoms with van der Waals surface area (Å²) in [5.41, 5.74) is 6.48. The molecule has 0 saturated carbocycles. The van der Waals surface area contributed by atoms with Crippen LogP contribution in [-0.4, -0.2) is 47.2 Å². The van der Waals surface area contributed by atoms with Gasteiger partial charge in [0, 0.05) is 23.7 Å². The number of hydrogen-bond donors (Lipinski definition) is 3. The minimum Gasteiger partial charge on any atom is -0.409 e. The van der Waals surface area contributed by atoms with Gasteiger partial charge < -0.3 is 16.0 Å². The highest BCUT2D eigenvalue weighted by atomic mass is 35.5. The Kier molecular flexibility index (Phi) is 6.63. The fourth-order valence-corrected chi connectivity index (χ4v) is 1.95. The number of oxime groups is 1. The second kappa shape index (κ2) is 7.98. The first kappa shape index (κ1) is 16.6. The molecule has 0 aliphatic heterocycles. The van der Waals surface area contributed by atoms with Crippen LogP contribution in [0.15, 0.2) is 23.4 Å². The molecule has 1 rings (SSSR count). The molecule has 112 valence electrons. The molecule has 20 heavy (non-hydrogen) atoms. The molecule has 0 amide bonds. The summed E-state index contributed by atoms with van der Waals surface area (Å²) in [6.45, 7) is -0.353. The average molecular weight is 308 g/mol. The molecule has 0 aliphatic rings. The van der Waals surface area contributed by atoms with E-state index in [0.29, 0.717) is 16.1 Å². The zero-order valence-corrected chi connectivity index (χ0v) is 11.4. The average Bonchev–Trinajstić information content (AvgIpc) is 2.39. The van der Waals surface area contributed by atoms with Crippen LogP contribution in [0.4, 0.5) is 8.78 Å². The van der Waals surface area contributed by atoms with E-state index in [-0.39, 0.29) is 25.5 Å². The van der Waals surface area contributed by atoms with Crippen LogP contribution in [0.2, 0.25) is 5.02 Å². The van der Waals surface area contributed by atoms with Crippen molar-refractivity contribution in [2.75, 3.05) is 19.7 Å². The normalized spacial score (nSPS) is 12.4. The number of nitrogens with zero attached hydrogens (tertiary/aromatic N) is 2. The van der Waals surface area contributed by atoms with Gasteiger partial charge in [-0.1, -0.05) is 28.9 Å². The lowest BCUT2D eigenvalue weighted by Crippen LogP contribution is -2.31. The van der Waals surface area contributed by atoms with Crippen molar-refractivity contribution < 1.29 is 19.1 Å². The lowest BCUT2D eigenvalue weighted by Gasteiger charge is -2.21. The van der Waals surface area contributed by atoms with Gasteiger partial charge in [-0.15, -0.1) is 0 Å². The summed E-state index contributed by atoms with van der Waals surface area (Å²) in [4.78, 5) is 1.40. The van der Waals surface area contributed by atoms with E-state index in [1.54, 1.807) is 12.1 Å². The molecule has 0 atom stereocenters. The standard InChI is InChI=1S/C12H16ClF2N3O2/c13-10-5-8(12(16)17-20)1-2-9(10)6-18(3-4-19)7-11(14)15/h1-2,5,11,19-20H,3-4,6-7H2,(H2,16,17). The number of halogens is 3. The van der Waals surface area contributed by atoms with E-state index < -0.39 is 13.0 Å². The number of rotatable bonds is 7. The lowest BCUT2D eigenvalue weighted by molar-refractivity contribution is 0.0746. The molecule has 0 heterocycles. The summed E-state index contributed by atoms with van der Waals surface area (Å²) in [6.07, 6.45) is -2.49. The summed E-state index contributed by atoms with van der Waals surface area (Å²) in [7, 11) is 0. The third-order valence-corrected chi connectivity index (χ3v) is 3.01. The molecule has 0 saturated heterocycles. The predicted molar refractivity (Wildman–Crippen MR) is 72.3 cm³/mol. The number of benzene rings is 1. The Bertz CT molecular complexity index is 472. The van der Waals surface area contributed by atoms with Crippen molar-refractivity contribution in [3.8, 4) is 0 Å². The van der Waals surface area contributed by atoms with Crippen LogP contribution in [0, 0.1) is 0 Å². The second-order valence-electron chi connectivity index (χ2n) is 4.14. The molecule has 0 unspecified atom stereocenters. The number of hydrogen-bond acceptors (Lipinski definition) is 4. The monoisotopic (exact) mass is 307 g/mol. The van der Waals surface area contributed by atoms with E-state index in [1.807, 2.05) is 0 Å². The van der Waals surface area contributed by atoms with Crippen molar-refractivity contribution in [2.45, 2.75) is 13.0 Å². The van der Waals surface area contributed by atoms with Gasteiger partial charge in [-0.2, -0.15) is 0 Å². The van der Waals surface area contributed by atoms with Gasteiger partial charge in [0.2, 0.25) is 0 Å². The zero-order valence-electron chi connectivity index (χ0n) is 10.6. The van der Waals surface area contributed by atoms with E-state index in [9.17, 15) is 8.78 Å². The van der Waals surface area contributed by atoms with Gasteiger partial charge >= 0.3 is 0 Å². The zero-order chi connectivity index (χ0) is 15.1. The highest BCUT2D eigenvalue weighted by molar-refractivity contribution is 6.31. The Morgan fingerprint density at radius 1 is 1.45 bits per heavy atom. The molecule has 5 nitrogen and oxygen atoms in total. The summed E-state index contributed by atoms with van der Waals surface area (Å²) in [5.74, 6) is -0.0850. The van der Waals surface area contributed by atoms with Gasteiger partial charge in [0.1, 0.15) is 0 Å². The van der Waals surface area contributed by atoms with Crippen LogP contribution in [0.3, 0.4) is 0 Å². The smallest absolute Gasteiger partial charge is 0.251 e. The van der Waals surface area contributed by atoms with Gasteiger partial charge in [0.25, 0.3) is 6.43 Å². The maximum absolute atomic E-state index is 12.4. The molecular formula is C12H16ClF2N3O2. The van der Waals surface area contributed by atoms with Crippen molar-refractivity contribution in [3.63, 3.8) is 0 Å². The fraction of sp³-hybridized carbons (Fsp3) is 0.417. The van der Waals surface area contributed by atoms with Crippen LogP contribution in [0.1, 0.15) is 11.1 Å². The van der Waals surface area contributed by atoms with Crippen LogP contribution in [0.5, 0.6) is 0 Å². The Morgan fingerprint density at radius 2 is 2.15 bits per heavy atom. The van der Waals surface area contributed by atoms with Gasteiger partial charge in [0.15, 0.2) is 5.84 Å². The third kappa shape index (κ3) is 4.92. The first-order valence-electron chi connectivity index (χ1n) is 5.85. The molecule has 8 heteroatoms. The summed E-state index contributed by atoms with van der Waals surface area (Å²) >= 11 is 6.04. The van der Waals surface area contributed by atoms with E-state index in [0.717, 1.165) is 0 Å². The van der Waals surface area contributed by atoms with Crippen molar-refractivity contribution >= 4 is 17.4 Å². The minimum absolute atomic E-state index is 0.0850. The van der Waals surface area contributed by atoms with Crippen molar-refractivity contribution in [3.05, 3.63) is 34.3 Å². The number of alkyl halides is 2. The number of amidine groups is 1. The molecule has 0 fully saturated rings. The van der Waals surface area contributed by atoms with Crippen LogP contribution >= 0.6 is 11.6 Å². The number of nitrogens with two attached hydrogens (primary N) is 1. The Balaban J connectivity index is 2.85. The molecular weight excluding hydrogens is 292 g/mol. The van der Waals surface area contributed by atoms with Gasteiger partial charge in [-0.25, -0.2) is 8.78 Å². The highest BCUT2D eigenvalue weighted by Crippen LogP contribution is 2.20.